The van der Waals surface area contributed by atoms with Crippen molar-refractivity contribution in [3.8, 4) is 11.5 Å². The van der Waals surface area contributed by atoms with E-state index >= 15 is 0 Å². The number of halogens is 4. The average molecular weight is 269 g/mol. The van der Waals surface area contributed by atoms with E-state index in [9.17, 15) is 8.78 Å². The van der Waals surface area contributed by atoms with Crippen molar-refractivity contribution in [1.29, 1.82) is 0 Å². The Labute approximate surface area is 101 Å². The monoisotopic (exact) mass is 268 g/mol. The van der Waals surface area contributed by atoms with Gasteiger partial charge in [-0.25, -0.2) is 8.78 Å². The second kappa shape index (κ2) is 5.92. The standard InChI is InChI=1S/C10H8Cl2F2O2/c1-15-10-7(13)4-6(5-8(10)14)16-3-2-9(11)12/h2,4-5H,3H2,1H3. The van der Waals surface area contributed by atoms with E-state index in [0.717, 1.165) is 12.1 Å². The average Bonchev–Trinajstić information content (AvgIpc) is 2.16. The first-order valence-corrected chi connectivity index (χ1v) is 4.97. The Morgan fingerprint density at radius 1 is 1.31 bits per heavy atom. The van der Waals surface area contributed by atoms with Gasteiger partial charge in [0, 0.05) is 12.1 Å². The fourth-order valence-electron chi connectivity index (χ4n) is 1.02. The van der Waals surface area contributed by atoms with Crippen molar-refractivity contribution in [3.05, 3.63) is 34.3 Å². The summed E-state index contributed by atoms with van der Waals surface area (Å²) in [7, 11) is 1.18. The molecule has 0 unspecified atom stereocenters. The number of ether oxygens (including phenoxy) is 2. The van der Waals surface area contributed by atoms with Gasteiger partial charge in [0.2, 0.25) is 0 Å². The molecule has 0 saturated carbocycles. The van der Waals surface area contributed by atoms with Gasteiger partial charge in [0.05, 0.1) is 7.11 Å². The minimum Gasteiger partial charge on any atom is -0.491 e. The van der Waals surface area contributed by atoms with Crippen LogP contribution < -0.4 is 9.47 Å². The van der Waals surface area contributed by atoms with E-state index in [1.165, 1.54) is 13.2 Å². The lowest BCUT2D eigenvalue weighted by molar-refractivity contribution is 0.337. The van der Waals surface area contributed by atoms with Gasteiger partial charge < -0.3 is 9.47 Å². The van der Waals surface area contributed by atoms with Crippen LogP contribution in [-0.2, 0) is 0 Å². The number of rotatable bonds is 4. The van der Waals surface area contributed by atoms with Gasteiger partial charge in [0.25, 0.3) is 0 Å². The molecule has 0 saturated heterocycles. The molecule has 16 heavy (non-hydrogen) atoms. The van der Waals surface area contributed by atoms with Crippen molar-refractivity contribution in [2.24, 2.45) is 0 Å². The molecule has 1 rings (SSSR count). The van der Waals surface area contributed by atoms with Crippen LogP contribution in [-0.4, -0.2) is 13.7 Å². The zero-order chi connectivity index (χ0) is 12.1. The maximum Gasteiger partial charge on any atom is 0.190 e. The molecule has 2 nitrogen and oxygen atoms in total. The fraction of sp³-hybridized carbons (Fsp3) is 0.200. The smallest absolute Gasteiger partial charge is 0.190 e. The summed E-state index contributed by atoms with van der Waals surface area (Å²) in [5, 5.41) is 0. The summed E-state index contributed by atoms with van der Waals surface area (Å²) in [6.45, 7) is 0.0214. The quantitative estimate of drug-likeness (QED) is 0.830. The van der Waals surface area contributed by atoms with Gasteiger partial charge in [-0.15, -0.1) is 0 Å². The van der Waals surface area contributed by atoms with Crippen LogP contribution in [0.5, 0.6) is 11.5 Å². The van der Waals surface area contributed by atoms with Crippen molar-refractivity contribution in [1.82, 2.24) is 0 Å². The number of methoxy groups -OCH3 is 1. The fourth-order valence-corrected chi connectivity index (χ4v) is 1.14. The normalized spacial score (nSPS) is 9.81. The van der Waals surface area contributed by atoms with Gasteiger partial charge in [-0.3, -0.25) is 0 Å². The number of hydrogen-bond acceptors (Lipinski definition) is 2. The Balaban J connectivity index is 2.80. The molecule has 1 aromatic carbocycles. The third-order valence-corrected chi connectivity index (χ3v) is 1.97. The summed E-state index contributed by atoms with van der Waals surface area (Å²) in [6, 6.07) is 2.02. The van der Waals surface area contributed by atoms with Crippen LogP contribution >= 0.6 is 23.2 Å². The van der Waals surface area contributed by atoms with Gasteiger partial charge in [-0.1, -0.05) is 23.2 Å². The molecule has 0 radical (unpaired) electrons. The highest BCUT2D eigenvalue weighted by Gasteiger charge is 2.11. The molecule has 88 valence electrons. The van der Waals surface area contributed by atoms with Crippen LogP contribution in [0, 0.1) is 11.6 Å². The Hall–Kier alpha value is -1.00. The first kappa shape index (κ1) is 13.1. The third-order valence-electron chi connectivity index (χ3n) is 1.66. The Morgan fingerprint density at radius 3 is 2.31 bits per heavy atom. The van der Waals surface area contributed by atoms with Crippen LogP contribution in [0.15, 0.2) is 22.7 Å². The predicted molar refractivity (Wildman–Crippen MR) is 58.2 cm³/mol. The topological polar surface area (TPSA) is 18.5 Å². The van der Waals surface area contributed by atoms with E-state index in [4.69, 9.17) is 27.9 Å². The molecule has 0 N–H and O–H groups in total. The largest absolute Gasteiger partial charge is 0.491 e. The zero-order valence-electron chi connectivity index (χ0n) is 8.27. The van der Waals surface area contributed by atoms with Crippen molar-refractivity contribution in [2.75, 3.05) is 13.7 Å². The van der Waals surface area contributed by atoms with Gasteiger partial charge in [0.1, 0.15) is 16.8 Å². The highest BCUT2D eigenvalue weighted by atomic mass is 35.5. The Morgan fingerprint density at radius 2 is 1.88 bits per heavy atom. The number of hydrogen-bond donors (Lipinski definition) is 0. The summed E-state index contributed by atoms with van der Waals surface area (Å²) < 4.78 is 35.9. The molecule has 0 aliphatic heterocycles. The second-order valence-electron chi connectivity index (χ2n) is 2.72. The van der Waals surface area contributed by atoms with Crippen molar-refractivity contribution in [2.45, 2.75) is 0 Å². The van der Waals surface area contributed by atoms with Crippen LogP contribution in [0.4, 0.5) is 8.78 Å². The second-order valence-corrected chi connectivity index (χ2v) is 3.73. The summed E-state index contributed by atoms with van der Waals surface area (Å²) in [5.41, 5.74) is 0. The van der Waals surface area contributed by atoms with Gasteiger partial charge >= 0.3 is 0 Å². The van der Waals surface area contributed by atoms with Crippen molar-refractivity contribution in [3.63, 3.8) is 0 Å². The summed E-state index contributed by atoms with van der Waals surface area (Å²) in [4.78, 5) is 0. The van der Waals surface area contributed by atoms with E-state index in [2.05, 4.69) is 4.74 Å². The third kappa shape index (κ3) is 3.54. The maximum atomic E-state index is 13.2. The lowest BCUT2D eigenvalue weighted by Gasteiger charge is -2.07. The van der Waals surface area contributed by atoms with Crippen molar-refractivity contribution >= 4 is 23.2 Å². The van der Waals surface area contributed by atoms with Crippen LogP contribution in [0.25, 0.3) is 0 Å². The highest BCUT2D eigenvalue weighted by molar-refractivity contribution is 6.55. The van der Waals surface area contributed by atoms with Crippen LogP contribution in [0.2, 0.25) is 0 Å². The molecule has 0 amide bonds. The molecule has 0 heterocycles. The van der Waals surface area contributed by atoms with Gasteiger partial charge in [0.15, 0.2) is 17.4 Å². The Bertz CT molecular complexity index is 381. The maximum absolute atomic E-state index is 13.2. The van der Waals surface area contributed by atoms with E-state index in [0.29, 0.717) is 0 Å². The highest BCUT2D eigenvalue weighted by Crippen LogP contribution is 2.26. The molecule has 1 aromatic rings. The number of benzene rings is 1. The summed E-state index contributed by atoms with van der Waals surface area (Å²) >= 11 is 10.7. The molecular formula is C10H8Cl2F2O2. The minimum absolute atomic E-state index is 0.0214. The molecular weight excluding hydrogens is 261 g/mol. The first-order valence-electron chi connectivity index (χ1n) is 4.21. The molecule has 6 heteroatoms. The van der Waals surface area contributed by atoms with E-state index in [-0.39, 0.29) is 16.8 Å². The summed E-state index contributed by atoms with van der Waals surface area (Å²) in [5.74, 6) is -2.09. The Kier molecular flexibility index (Phi) is 4.83. The molecule has 0 aromatic heterocycles. The molecule has 0 fully saturated rings. The van der Waals surface area contributed by atoms with Gasteiger partial charge in [-0.2, -0.15) is 0 Å². The van der Waals surface area contributed by atoms with Crippen LogP contribution in [0.1, 0.15) is 0 Å². The first-order chi connectivity index (χ1) is 7.54. The SMILES string of the molecule is COc1c(F)cc(OCC=C(Cl)Cl)cc1F. The van der Waals surface area contributed by atoms with Crippen molar-refractivity contribution < 1.29 is 18.3 Å². The predicted octanol–water partition coefficient (Wildman–Crippen LogP) is 3.67. The van der Waals surface area contributed by atoms with E-state index < -0.39 is 17.4 Å². The molecule has 0 aliphatic carbocycles. The lowest BCUT2D eigenvalue weighted by Crippen LogP contribution is -1.98. The lowest BCUT2D eigenvalue weighted by atomic mass is 10.3. The van der Waals surface area contributed by atoms with E-state index in [1.807, 2.05) is 0 Å². The zero-order valence-corrected chi connectivity index (χ0v) is 9.78. The summed E-state index contributed by atoms with van der Waals surface area (Å²) in [6.07, 6.45) is 1.35. The molecule has 0 aliphatic rings. The molecule has 0 atom stereocenters. The van der Waals surface area contributed by atoms with Crippen LogP contribution in [0.3, 0.4) is 0 Å². The van der Waals surface area contributed by atoms with E-state index in [1.54, 1.807) is 0 Å². The molecule has 0 bridgehead atoms. The minimum atomic E-state index is -0.835. The molecule has 0 spiro atoms. The van der Waals surface area contributed by atoms with Gasteiger partial charge in [-0.05, 0) is 6.08 Å².